The van der Waals surface area contributed by atoms with E-state index in [1.165, 1.54) is 13.8 Å². The van der Waals surface area contributed by atoms with Crippen LogP contribution in [0, 0.1) is 11.3 Å². The van der Waals surface area contributed by atoms with E-state index in [9.17, 15) is 53.1 Å². The maximum Gasteiger partial charge on any atom is 0.481 e. The number of carbonyl (C=O) groups is 2. The summed E-state index contributed by atoms with van der Waals surface area (Å²) in [6, 6.07) is 0. The van der Waals surface area contributed by atoms with Crippen molar-refractivity contribution in [2.75, 3.05) is 43.5 Å². The highest BCUT2D eigenvalue weighted by Gasteiger charge is 2.50. The third kappa shape index (κ3) is 13.9. The molecule has 3 rings (SSSR count). The van der Waals surface area contributed by atoms with E-state index in [2.05, 4.69) is 48.3 Å². The minimum atomic E-state index is -5.54. The molecule has 2 amide bonds. The van der Waals surface area contributed by atoms with Crippen molar-refractivity contribution in [3.63, 3.8) is 0 Å². The first-order chi connectivity index (χ1) is 24.6. The number of aliphatic hydroxyl groups is 2. The number of phosphoric acid groups is 3. The van der Waals surface area contributed by atoms with Crippen LogP contribution in [0.4, 0.5) is 5.82 Å². The van der Waals surface area contributed by atoms with Crippen molar-refractivity contribution in [2.24, 2.45) is 11.3 Å². The molecule has 0 aliphatic carbocycles. The molecule has 0 aromatic carbocycles. The van der Waals surface area contributed by atoms with Crippen LogP contribution in [0.1, 0.15) is 46.8 Å². The number of nitrogens with two attached hydrogens (primary N) is 1. The molecule has 1 aliphatic heterocycles. The second-order valence-electron chi connectivity index (χ2n) is 12.7. The van der Waals surface area contributed by atoms with Gasteiger partial charge in [-0.15, -0.1) is 0 Å². The molecular weight excluding hydrogens is 791 g/mol. The van der Waals surface area contributed by atoms with Gasteiger partial charge in [0.1, 0.15) is 36.3 Å². The van der Waals surface area contributed by atoms with Crippen LogP contribution in [0.25, 0.3) is 11.2 Å². The maximum atomic E-state index is 12.7. The zero-order chi connectivity index (χ0) is 39.8. The monoisotopic (exact) mass is 837 g/mol. The van der Waals surface area contributed by atoms with Crippen LogP contribution in [0.3, 0.4) is 0 Å². The van der Waals surface area contributed by atoms with Gasteiger partial charge in [0, 0.05) is 30.7 Å². The third-order valence-corrected chi connectivity index (χ3v) is 12.1. The third-order valence-electron chi connectivity index (χ3n) is 7.75. The molecule has 0 spiro atoms. The summed E-state index contributed by atoms with van der Waals surface area (Å²) in [5.41, 5.74) is 4.32. The van der Waals surface area contributed by atoms with Gasteiger partial charge in [-0.3, -0.25) is 27.7 Å². The van der Waals surface area contributed by atoms with Gasteiger partial charge in [-0.1, -0.05) is 34.1 Å². The van der Waals surface area contributed by atoms with Gasteiger partial charge in [0.15, 0.2) is 17.7 Å². The number of anilines is 1. The number of rotatable bonds is 22. The smallest absolute Gasteiger partial charge is 0.386 e. The molecule has 53 heavy (non-hydrogen) atoms. The number of hydrogen-bond acceptors (Lipinski definition) is 17. The van der Waals surface area contributed by atoms with Gasteiger partial charge in [0.25, 0.3) is 0 Å². The molecule has 0 saturated carbocycles. The summed E-state index contributed by atoms with van der Waals surface area (Å²) in [6.07, 6.45) is -5.63. The van der Waals surface area contributed by atoms with Crippen LogP contribution < -0.4 is 16.4 Å². The second kappa shape index (κ2) is 19.2. The van der Waals surface area contributed by atoms with Gasteiger partial charge >= 0.3 is 23.5 Å². The summed E-state index contributed by atoms with van der Waals surface area (Å²) < 4.78 is 62.1. The average Bonchev–Trinajstić information content (AvgIpc) is 3.62. The number of nitrogens with zero attached hydrogens (tertiary/aromatic N) is 4. The second-order valence-corrected chi connectivity index (χ2v) is 18.0. The van der Waals surface area contributed by atoms with Crippen LogP contribution in [0.15, 0.2) is 12.7 Å². The number of thioether (sulfide) groups is 1. The Labute approximate surface area is 308 Å². The summed E-state index contributed by atoms with van der Waals surface area (Å²) in [5, 5.41) is 26.5. The van der Waals surface area contributed by atoms with E-state index in [4.69, 9.17) is 19.5 Å². The van der Waals surface area contributed by atoms with Gasteiger partial charge < -0.3 is 50.9 Å². The van der Waals surface area contributed by atoms with E-state index >= 15 is 0 Å². The van der Waals surface area contributed by atoms with E-state index < -0.39 is 78.6 Å². The van der Waals surface area contributed by atoms with E-state index in [1.807, 2.05) is 0 Å². The van der Waals surface area contributed by atoms with Crippen LogP contribution in [0.5, 0.6) is 0 Å². The zero-order valence-corrected chi connectivity index (χ0v) is 32.7. The number of ether oxygens (including phenoxy) is 1. The number of hydrogen-bond donors (Lipinski definition) is 9. The molecule has 27 heteroatoms. The lowest BCUT2D eigenvalue weighted by Gasteiger charge is -2.30. The van der Waals surface area contributed by atoms with E-state index in [0.29, 0.717) is 12.5 Å². The lowest BCUT2D eigenvalue weighted by molar-refractivity contribution is -0.137. The van der Waals surface area contributed by atoms with Gasteiger partial charge in [0.05, 0.1) is 19.5 Å². The van der Waals surface area contributed by atoms with Crippen molar-refractivity contribution >= 4 is 64.0 Å². The molecule has 3 heterocycles. The molecule has 2 unspecified atom stereocenters. The highest BCUT2D eigenvalue weighted by atomic mass is 32.2. The standard InChI is InChI=1S/C26H46N7O16P3S/c1-5-15(2)11-53-9-8-28-17(34)6-7-29-24(37)21(36)26(3,4)12-46-52(43,44)49-51(41,42)45-10-16-20(48-50(38,39)40)19(35)25(47-16)33-14-32-18-22(27)30-13-31-23(18)33/h13-16,19-21,25,35-36H,5-12H2,1-4H3,(H,28,34)(H,29,37)(H,41,42)(H,43,44)(H2,27,30,31)(H2,38,39,40)/t15-,16+,19+,20+,21-,25+/m0/s1. The predicted octanol–water partition coefficient (Wildman–Crippen LogP) is 0.184. The molecule has 2 aromatic heterocycles. The Bertz CT molecular complexity index is 1700. The molecular formula is C26H46N7O16P3S. The number of imidazole rings is 1. The Kier molecular flexibility index (Phi) is 16.4. The van der Waals surface area contributed by atoms with Crippen molar-refractivity contribution in [1.29, 1.82) is 0 Å². The highest BCUT2D eigenvalue weighted by Crippen LogP contribution is 2.61. The normalized spacial score (nSPS) is 22.9. The fourth-order valence-electron chi connectivity index (χ4n) is 4.60. The molecule has 1 aliphatic rings. The zero-order valence-electron chi connectivity index (χ0n) is 29.2. The summed E-state index contributed by atoms with van der Waals surface area (Å²) in [4.78, 5) is 75.5. The maximum absolute atomic E-state index is 12.7. The molecule has 23 nitrogen and oxygen atoms in total. The first-order valence-corrected chi connectivity index (χ1v) is 21.7. The van der Waals surface area contributed by atoms with E-state index in [1.54, 1.807) is 11.8 Å². The highest BCUT2D eigenvalue weighted by molar-refractivity contribution is 7.99. The van der Waals surface area contributed by atoms with Gasteiger partial charge in [-0.25, -0.2) is 28.6 Å². The number of phosphoric ester groups is 3. The first kappa shape index (κ1) is 45.3. The lowest BCUT2D eigenvalue weighted by atomic mass is 9.87. The Morgan fingerprint density at radius 1 is 1.09 bits per heavy atom. The fraction of sp³-hybridized carbons (Fsp3) is 0.731. The number of aromatic nitrogens is 4. The minimum absolute atomic E-state index is 0.0339. The van der Waals surface area contributed by atoms with E-state index in [-0.39, 0.29) is 35.9 Å². The predicted molar refractivity (Wildman–Crippen MR) is 186 cm³/mol. The Hall–Kier alpha value is -2.11. The summed E-state index contributed by atoms with van der Waals surface area (Å²) in [7, 11) is -16.3. The first-order valence-electron chi connectivity index (χ1n) is 16.0. The van der Waals surface area contributed by atoms with Crippen molar-refractivity contribution in [3.8, 4) is 0 Å². The summed E-state index contributed by atoms with van der Waals surface area (Å²) >= 11 is 1.72. The van der Waals surface area contributed by atoms with Gasteiger partial charge in [0.2, 0.25) is 11.8 Å². The molecule has 8 atom stereocenters. The molecule has 1 saturated heterocycles. The molecule has 302 valence electrons. The average molecular weight is 838 g/mol. The molecule has 10 N–H and O–H groups in total. The Morgan fingerprint density at radius 2 is 1.77 bits per heavy atom. The molecule has 1 fully saturated rings. The quantitative estimate of drug-likeness (QED) is 0.0564. The number of carbonyl (C=O) groups excluding carboxylic acids is 2. The van der Waals surface area contributed by atoms with Crippen LogP contribution in [-0.4, -0.2) is 123 Å². The molecule has 0 bridgehead atoms. The topological polar surface area (TPSA) is 347 Å². The Balaban J connectivity index is 1.51. The van der Waals surface area contributed by atoms with Crippen LogP contribution >= 0.6 is 35.2 Å². The van der Waals surface area contributed by atoms with Crippen molar-refractivity contribution in [3.05, 3.63) is 12.7 Å². The van der Waals surface area contributed by atoms with Crippen molar-refractivity contribution < 1.29 is 75.7 Å². The van der Waals surface area contributed by atoms with Gasteiger partial charge in [-0.05, 0) is 11.7 Å². The largest absolute Gasteiger partial charge is 0.481 e. The number of fused-ring (bicyclic) bond motifs is 1. The fourth-order valence-corrected chi connectivity index (χ4v) is 8.48. The molecule has 0 radical (unpaired) electrons. The number of aliphatic hydroxyl groups excluding tert-OH is 2. The number of nitrogen functional groups attached to an aromatic ring is 1. The van der Waals surface area contributed by atoms with Gasteiger partial charge in [-0.2, -0.15) is 16.1 Å². The number of amides is 2. The van der Waals surface area contributed by atoms with Crippen molar-refractivity contribution in [2.45, 2.75) is 71.2 Å². The SMILES string of the molecule is CC[C@H](C)CSCCNC(=O)CCNC(=O)[C@H](O)C(C)(C)COP(=O)(O)OP(=O)(O)OC[C@H]1O[C@@H](n2cnc3c(N)ncnc32)[C@H](O)[C@@H]1OP(=O)(O)O. The van der Waals surface area contributed by atoms with E-state index in [0.717, 1.165) is 35.1 Å². The lowest BCUT2D eigenvalue weighted by Crippen LogP contribution is -2.46. The van der Waals surface area contributed by atoms with Crippen LogP contribution in [-0.2, 0) is 45.9 Å². The van der Waals surface area contributed by atoms with Crippen molar-refractivity contribution in [1.82, 2.24) is 30.2 Å². The summed E-state index contributed by atoms with van der Waals surface area (Å²) in [5.74, 6) is 1.02. The number of nitrogens with one attached hydrogen (secondary N) is 2. The summed E-state index contributed by atoms with van der Waals surface area (Å²) in [6.45, 7) is 5.17. The van der Waals surface area contributed by atoms with Crippen LogP contribution in [0.2, 0.25) is 0 Å². The Morgan fingerprint density at radius 3 is 2.43 bits per heavy atom. The molecule has 2 aromatic rings. The minimum Gasteiger partial charge on any atom is -0.386 e.